The lowest BCUT2D eigenvalue weighted by Crippen LogP contribution is -2.42. The number of aromatic nitrogens is 2. The van der Waals surface area contributed by atoms with Crippen molar-refractivity contribution in [1.29, 1.82) is 0 Å². The Kier molecular flexibility index (Phi) is 4.03. The van der Waals surface area contributed by atoms with Gasteiger partial charge in [-0.05, 0) is 49.7 Å². The Morgan fingerprint density at radius 1 is 1.45 bits per heavy atom. The molecule has 20 heavy (non-hydrogen) atoms. The number of nitrogens with zero attached hydrogens (tertiary/aromatic N) is 3. The summed E-state index contributed by atoms with van der Waals surface area (Å²) in [5.41, 5.74) is 0.852. The van der Waals surface area contributed by atoms with Crippen LogP contribution in [-0.2, 0) is 0 Å². The van der Waals surface area contributed by atoms with Crippen LogP contribution in [0, 0.1) is 0 Å². The van der Waals surface area contributed by atoms with E-state index in [-0.39, 0.29) is 11.8 Å². The molecular weight excluding hydrogens is 272 g/mol. The molecule has 0 radical (unpaired) electrons. The molecule has 5 nitrogen and oxygen atoms in total. The Balaban J connectivity index is 1.76. The largest absolute Gasteiger partial charge is 0.333 e. The highest BCUT2D eigenvalue weighted by molar-refractivity contribution is 7.08. The van der Waals surface area contributed by atoms with Gasteiger partial charge >= 0.3 is 0 Å². The van der Waals surface area contributed by atoms with Gasteiger partial charge in [-0.2, -0.15) is 0 Å². The average Bonchev–Trinajstić information content (AvgIpc) is 2.95. The molecule has 1 unspecified atom stereocenters. The first-order valence-corrected chi connectivity index (χ1v) is 8.30. The summed E-state index contributed by atoms with van der Waals surface area (Å²) in [5.74, 6) is 0.387. The average molecular weight is 294 g/mol. The van der Waals surface area contributed by atoms with Gasteiger partial charge in [0.25, 0.3) is 5.91 Å². The summed E-state index contributed by atoms with van der Waals surface area (Å²) < 4.78 is 3.99. The summed E-state index contributed by atoms with van der Waals surface area (Å²) in [5, 5.41) is 7.62. The number of hydrogen-bond donors (Lipinski definition) is 1. The maximum Gasteiger partial charge on any atom is 0.267 e. The molecule has 1 atom stereocenters. The van der Waals surface area contributed by atoms with E-state index in [1.807, 2.05) is 0 Å². The fraction of sp³-hybridized carbons (Fsp3) is 0.786. The molecule has 1 N–H and O–H groups in total. The van der Waals surface area contributed by atoms with Crippen LogP contribution in [-0.4, -0.2) is 45.6 Å². The molecule has 0 spiro atoms. The van der Waals surface area contributed by atoms with E-state index in [9.17, 15) is 4.79 Å². The van der Waals surface area contributed by atoms with Crippen molar-refractivity contribution in [3.05, 3.63) is 10.6 Å². The van der Waals surface area contributed by atoms with Gasteiger partial charge in [-0.25, -0.2) is 0 Å². The topological polar surface area (TPSA) is 58.1 Å². The lowest BCUT2D eigenvalue weighted by Gasteiger charge is -2.25. The summed E-state index contributed by atoms with van der Waals surface area (Å²) in [7, 11) is 0. The van der Waals surface area contributed by atoms with Crippen LogP contribution >= 0.6 is 11.5 Å². The van der Waals surface area contributed by atoms with Gasteiger partial charge < -0.3 is 10.2 Å². The molecule has 0 aromatic carbocycles. The van der Waals surface area contributed by atoms with Crippen LogP contribution in [0.3, 0.4) is 0 Å². The Morgan fingerprint density at radius 2 is 2.25 bits per heavy atom. The predicted octanol–water partition coefficient (Wildman–Crippen LogP) is 2.02. The third-order valence-corrected chi connectivity index (χ3v) is 4.81. The lowest BCUT2D eigenvalue weighted by molar-refractivity contribution is 0.0732. The Hall–Kier alpha value is -1.01. The predicted molar refractivity (Wildman–Crippen MR) is 79.1 cm³/mol. The summed E-state index contributed by atoms with van der Waals surface area (Å²) in [6.45, 7) is 6.04. The van der Waals surface area contributed by atoms with Crippen LogP contribution in [0.25, 0.3) is 0 Å². The maximum absolute atomic E-state index is 12.8. The highest BCUT2D eigenvalue weighted by Gasteiger charge is 2.36. The quantitative estimate of drug-likeness (QED) is 0.902. The molecular formula is C14H22N4OS. The second-order valence-electron chi connectivity index (χ2n) is 6.12. The van der Waals surface area contributed by atoms with Gasteiger partial charge in [-0.15, -0.1) is 5.10 Å². The van der Waals surface area contributed by atoms with Gasteiger partial charge in [-0.1, -0.05) is 18.3 Å². The van der Waals surface area contributed by atoms with E-state index in [0.29, 0.717) is 12.1 Å². The van der Waals surface area contributed by atoms with Crippen molar-refractivity contribution in [3.8, 4) is 0 Å². The minimum atomic E-state index is 0.139. The molecule has 1 aromatic heterocycles. The van der Waals surface area contributed by atoms with Crippen molar-refractivity contribution in [1.82, 2.24) is 19.8 Å². The highest BCUT2D eigenvalue weighted by Crippen LogP contribution is 2.31. The SMILES string of the molecule is CC(C)c1nnsc1C(=O)N(CC1CCCN1)C1CC1. The van der Waals surface area contributed by atoms with Crippen molar-refractivity contribution in [2.45, 2.75) is 57.5 Å². The Bertz CT molecular complexity index is 477. The lowest BCUT2D eigenvalue weighted by atomic mass is 10.1. The molecule has 6 heteroatoms. The van der Waals surface area contributed by atoms with E-state index >= 15 is 0 Å². The minimum Gasteiger partial charge on any atom is -0.333 e. The maximum atomic E-state index is 12.8. The van der Waals surface area contributed by atoms with E-state index in [0.717, 1.165) is 36.5 Å². The number of nitrogens with one attached hydrogen (secondary N) is 1. The number of carbonyl (C=O) groups excluding carboxylic acids is 1. The van der Waals surface area contributed by atoms with Crippen LogP contribution in [0.1, 0.15) is 60.8 Å². The molecule has 1 aromatic rings. The number of amides is 1. The molecule has 2 aliphatic rings. The van der Waals surface area contributed by atoms with Crippen LogP contribution in [0.2, 0.25) is 0 Å². The van der Waals surface area contributed by atoms with Gasteiger partial charge in [-0.3, -0.25) is 4.79 Å². The van der Waals surface area contributed by atoms with E-state index in [4.69, 9.17) is 0 Å². The van der Waals surface area contributed by atoms with Gasteiger partial charge in [0, 0.05) is 18.6 Å². The first kappa shape index (κ1) is 13.9. The summed E-state index contributed by atoms with van der Waals surface area (Å²) in [6.07, 6.45) is 4.68. The second kappa shape index (κ2) is 5.77. The zero-order chi connectivity index (χ0) is 14.1. The van der Waals surface area contributed by atoms with Gasteiger partial charge in [0.15, 0.2) is 0 Å². The standard InChI is InChI=1S/C14H22N4OS/c1-9(2)12-13(20-17-16-12)14(19)18(11-5-6-11)8-10-4-3-7-15-10/h9-11,15H,3-8H2,1-2H3. The number of rotatable bonds is 5. The van der Waals surface area contributed by atoms with Crippen LogP contribution in [0.5, 0.6) is 0 Å². The fourth-order valence-electron chi connectivity index (χ4n) is 2.79. The van der Waals surface area contributed by atoms with Crippen LogP contribution < -0.4 is 5.32 Å². The molecule has 2 fully saturated rings. The van der Waals surface area contributed by atoms with Gasteiger partial charge in [0.1, 0.15) is 4.88 Å². The van der Waals surface area contributed by atoms with Crippen molar-refractivity contribution in [2.75, 3.05) is 13.1 Å². The molecule has 2 heterocycles. The van der Waals surface area contributed by atoms with Crippen molar-refractivity contribution in [2.24, 2.45) is 0 Å². The minimum absolute atomic E-state index is 0.139. The third kappa shape index (κ3) is 2.86. The highest BCUT2D eigenvalue weighted by atomic mass is 32.1. The Labute approximate surface area is 123 Å². The van der Waals surface area contributed by atoms with Crippen molar-refractivity contribution in [3.63, 3.8) is 0 Å². The van der Waals surface area contributed by atoms with Gasteiger partial charge in [0.05, 0.1) is 5.69 Å². The molecule has 1 saturated carbocycles. The second-order valence-corrected chi connectivity index (χ2v) is 6.88. The van der Waals surface area contributed by atoms with E-state index in [2.05, 4.69) is 33.7 Å². The number of hydrogen-bond acceptors (Lipinski definition) is 5. The fourth-order valence-corrected chi connectivity index (χ4v) is 3.56. The Morgan fingerprint density at radius 3 is 2.85 bits per heavy atom. The first-order valence-electron chi connectivity index (χ1n) is 7.53. The third-order valence-electron chi connectivity index (χ3n) is 4.08. The van der Waals surface area contributed by atoms with E-state index in [1.54, 1.807) is 0 Å². The van der Waals surface area contributed by atoms with Crippen molar-refractivity contribution >= 4 is 17.4 Å². The zero-order valence-electron chi connectivity index (χ0n) is 12.1. The molecule has 110 valence electrons. The molecule has 1 saturated heterocycles. The summed E-state index contributed by atoms with van der Waals surface area (Å²) >= 11 is 1.24. The van der Waals surface area contributed by atoms with Crippen molar-refractivity contribution < 1.29 is 4.79 Å². The van der Waals surface area contributed by atoms with Gasteiger partial charge in [0.2, 0.25) is 0 Å². The smallest absolute Gasteiger partial charge is 0.267 e. The molecule has 0 bridgehead atoms. The monoisotopic (exact) mass is 294 g/mol. The zero-order valence-corrected chi connectivity index (χ0v) is 12.9. The molecule has 1 amide bonds. The molecule has 3 rings (SSSR count). The van der Waals surface area contributed by atoms with E-state index in [1.165, 1.54) is 24.4 Å². The summed E-state index contributed by atoms with van der Waals surface area (Å²) in [4.78, 5) is 15.6. The normalized spacial score (nSPS) is 22.4. The van der Waals surface area contributed by atoms with Crippen LogP contribution in [0.15, 0.2) is 0 Å². The number of carbonyl (C=O) groups is 1. The summed E-state index contributed by atoms with van der Waals surface area (Å²) in [6, 6.07) is 0.898. The molecule has 1 aliphatic heterocycles. The molecule has 1 aliphatic carbocycles. The van der Waals surface area contributed by atoms with Crippen LogP contribution in [0.4, 0.5) is 0 Å². The van der Waals surface area contributed by atoms with E-state index < -0.39 is 0 Å². The first-order chi connectivity index (χ1) is 9.66.